The minimum Gasteiger partial charge on any atom is -0.507 e. The number of hydrogen-bond donors (Lipinski definition) is 3. The van der Waals surface area contributed by atoms with Gasteiger partial charge < -0.3 is 19.6 Å². The molecule has 5 nitrogen and oxygen atoms in total. The minimum atomic E-state index is -0.368. The van der Waals surface area contributed by atoms with E-state index in [0.717, 1.165) is 32.7 Å². The van der Waals surface area contributed by atoms with Crippen LogP contribution < -0.4 is 14.5 Å². The maximum Gasteiger partial charge on any atom is 0.231 e. The Kier molecular flexibility index (Phi) is 5.15. The molecule has 2 aliphatic rings. The SMILES string of the molecule is CC[NH+]1CC[NH+](Cc2c(O)ccc3c2O/C(=C\c2cccc(F)c2)C3=O)CC1. The summed E-state index contributed by atoms with van der Waals surface area (Å²) in [6.45, 7) is 8.19. The average molecular weight is 384 g/mol. The van der Waals surface area contributed by atoms with Gasteiger partial charge in [-0.1, -0.05) is 12.1 Å². The second kappa shape index (κ2) is 7.73. The van der Waals surface area contributed by atoms with Crippen LogP contribution in [0.2, 0.25) is 0 Å². The van der Waals surface area contributed by atoms with Crippen molar-refractivity contribution in [1.82, 2.24) is 0 Å². The second-order valence-electron chi connectivity index (χ2n) is 7.47. The van der Waals surface area contributed by atoms with E-state index in [1.54, 1.807) is 35.2 Å². The normalized spacial score (nSPS) is 22.9. The van der Waals surface area contributed by atoms with E-state index >= 15 is 0 Å². The van der Waals surface area contributed by atoms with Crippen LogP contribution in [0, 0.1) is 5.82 Å². The van der Waals surface area contributed by atoms with Crippen molar-refractivity contribution in [2.24, 2.45) is 0 Å². The molecule has 28 heavy (non-hydrogen) atoms. The summed E-state index contributed by atoms with van der Waals surface area (Å²) in [5.41, 5.74) is 1.68. The van der Waals surface area contributed by atoms with Crippen molar-refractivity contribution in [1.29, 1.82) is 0 Å². The highest BCUT2D eigenvalue weighted by atomic mass is 19.1. The van der Waals surface area contributed by atoms with E-state index in [9.17, 15) is 14.3 Å². The van der Waals surface area contributed by atoms with Crippen LogP contribution in [-0.2, 0) is 6.54 Å². The highest BCUT2D eigenvalue weighted by Crippen LogP contribution is 2.39. The Hall–Kier alpha value is -2.70. The van der Waals surface area contributed by atoms with Crippen LogP contribution in [0.5, 0.6) is 11.5 Å². The van der Waals surface area contributed by atoms with Crippen LogP contribution in [0.1, 0.15) is 28.4 Å². The predicted molar refractivity (Wildman–Crippen MR) is 103 cm³/mol. The van der Waals surface area contributed by atoms with E-state index in [2.05, 4.69) is 6.92 Å². The van der Waals surface area contributed by atoms with Crippen molar-refractivity contribution in [2.75, 3.05) is 32.7 Å². The molecule has 0 amide bonds. The van der Waals surface area contributed by atoms with Crippen molar-refractivity contribution >= 4 is 11.9 Å². The van der Waals surface area contributed by atoms with Crippen LogP contribution in [-0.4, -0.2) is 43.6 Å². The molecule has 2 heterocycles. The Balaban J connectivity index is 1.59. The lowest BCUT2D eigenvalue weighted by Crippen LogP contribution is -3.27. The van der Waals surface area contributed by atoms with Crippen molar-refractivity contribution in [3.05, 3.63) is 64.7 Å². The fourth-order valence-corrected chi connectivity index (χ4v) is 3.95. The van der Waals surface area contributed by atoms with Crippen LogP contribution >= 0.6 is 0 Å². The molecule has 146 valence electrons. The number of rotatable bonds is 4. The summed E-state index contributed by atoms with van der Waals surface area (Å²) in [4.78, 5) is 15.7. The van der Waals surface area contributed by atoms with Crippen molar-refractivity contribution < 1.29 is 28.8 Å². The molecule has 0 spiro atoms. The van der Waals surface area contributed by atoms with Gasteiger partial charge in [-0.25, -0.2) is 4.39 Å². The molecular formula is C22H25FN2O3+2. The van der Waals surface area contributed by atoms with Gasteiger partial charge in [0.1, 0.15) is 44.3 Å². The topological polar surface area (TPSA) is 55.4 Å². The number of ether oxygens (including phenoxy) is 1. The molecule has 0 saturated carbocycles. The Morgan fingerprint density at radius 3 is 2.61 bits per heavy atom. The zero-order chi connectivity index (χ0) is 19.7. The molecule has 2 aromatic carbocycles. The summed E-state index contributed by atoms with van der Waals surface area (Å²) in [7, 11) is 0. The number of likely N-dealkylation sites (N-methyl/N-ethyl adjacent to an activating group) is 1. The number of phenolic OH excluding ortho intramolecular Hbond substituents is 1. The number of hydrogen-bond acceptors (Lipinski definition) is 3. The maximum absolute atomic E-state index is 13.4. The van der Waals surface area contributed by atoms with Gasteiger partial charge >= 0.3 is 0 Å². The zero-order valence-corrected chi connectivity index (χ0v) is 15.9. The van der Waals surface area contributed by atoms with Gasteiger partial charge in [0.15, 0.2) is 11.5 Å². The smallest absolute Gasteiger partial charge is 0.231 e. The number of allylic oxidation sites excluding steroid dienone is 1. The summed E-state index contributed by atoms with van der Waals surface area (Å²) < 4.78 is 19.3. The number of piperazine rings is 1. The zero-order valence-electron chi connectivity index (χ0n) is 15.9. The molecular weight excluding hydrogens is 359 g/mol. The van der Waals surface area contributed by atoms with E-state index in [4.69, 9.17) is 4.74 Å². The first-order chi connectivity index (χ1) is 13.5. The molecule has 2 aromatic rings. The Morgan fingerprint density at radius 1 is 1.14 bits per heavy atom. The van der Waals surface area contributed by atoms with Gasteiger partial charge in [0, 0.05) is 0 Å². The Morgan fingerprint density at radius 2 is 1.89 bits per heavy atom. The van der Waals surface area contributed by atoms with Gasteiger partial charge in [-0.3, -0.25) is 4.79 Å². The Labute approximate surface area is 163 Å². The molecule has 0 radical (unpaired) electrons. The molecule has 1 saturated heterocycles. The van der Waals surface area contributed by atoms with Gasteiger partial charge in [-0.05, 0) is 42.8 Å². The van der Waals surface area contributed by atoms with Gasteiger partial charge in [-0.2, -0.15) is 0 Å². The summed E-state index contributed by atoms with van der Waals surface area (Å²) in [6.07, 6.45) is 1.54. The second-order valence-corrected chi connectivity index (χ2v) is 7.47. The third kappa shape index (κ3) is 3.66. The third-order valence-corrected chi connectivity index (χ3v) is 5.65. The number of aromatic hydroxyl groups is 1. The van der Waals surface area contributed by atoms with Crippen LogP contribution in [0.4, 0.5) is 4.39 Å². The van der Waals surface area contributed by atoms with Gasteiger partial charge in [-0.15, -0.1) is 0 Å². The minimum absolute atomic E-state index is 0.149. The number of quaternary nitrogens is 2. The standard InChI is InChI=1S/C22H23FN2O3/c1-2-24-8-10-25(11-9-24)14-18-19(26)7-6-17-21(27)20(28-22(17)18)13-15-4-3-5-16(23)12-15/h3-7,12-13,26H,2,8-11,14H2,1H3/p+2/b20-13-. The van der Waals surface area contributed by atoms with Gasteiger partial charge in [0.05, 0.1) is 17.7 Å². The highest BCUT2D eigenvalue weighted by Gasteiger charge is 2.33. The van der Waals surface area contributed by atoms with Crippen LogP contribution in [0.25, 0.3) is 6.08 Å². The summed E-state index contributed by atoms with van der Waals surface area (Å²) in [6, 6.07) is 9.17. The van der Waals surface area contributed by atoms with Gasteiger partial charge in [0.25, 0.3) is 0 Å². The molecule has 1 fully saturated rings. The van der Waals surface area contributed by atoms with E-state index in [-0.39, 0.29) is 23.1 Å². The molecule has 0 aliphatic carbocycles. The fourth-order valence-electron chi connectivity index (χ4n) is 3.95. The lowest BCUT2D eigenvalue weighted by molar-refractivity contribution is -1.02. The number of carbonyl (C=O) groups is 1. The van der Waals surface area contributed by atoms with Crippen molar-refractivity contribution in [3.8, 4) is 11.5 Å². The third-order valence-electron chi connectivity index (χ3n) is 5.65. The molecule has 3 N–H and O–H groups in total. The van der Waals surface area contributed by atoms with E-state index in [0.29, 0.717) is 29.0 Å². The molecule has 0 atom stereocenters. The quantitative estimate of drug-likeness (QED) is 0.671. The Bertz CT molecular complexity index is 933. The van der Waals surface area contributed by atoms with E-state index < -0.39 is 0 Å². The van der Waals surface area contributed by atoms with E-state index in [1.807, 2.05) is 0 Å². The average Bonchev–Trinajstić information content (AvgIpc) is 3.00. The predicted octanol–water partition coefficient (Wildman–Crippen LogP) is 0.451. The lowest BCUT2D eigenvalue weighted by atomic mass is 10.0. The monoisotopic (exact) mass is 384 g/mol. The molecule has 4 rings (SSSR count). The number of carbonyl (C=O) groups excluding carboxylic acids is 1. The fraction of sp³-hybridized carbons (Fsp3) is 0.318. The van der Waals surface area contributed by atoms with Crippen molar-refractivity contribution in [3.63, 3.8) is 0 Å². The summed E-state index contributed by atoms with van der Waals surface area (Å²) >= 11 is 0. The number of fused-ring (bicyclic) bond motifs is 1. The summed E-state index contributed by atoms with van der Waals surface area (Å²) in [5, 5.41) is 10.4. The van der Waals surface area contributed by atoms with E-state index in [1.165, 1.54) is 17.0 Å². The number of benzene rings is 2. The lowest BCUT2D eigenvalue weighted by Gasteiger charge is -2.29. The molecule has 0 aromatic heterocycles. The molecule has 6 heteroatoms. The largest absolute Gasteiger partial charge is 0.507 e. The number of nitrogens with one attached hydrogen (secondary N) is 2. The molecule has 2 aliphatic heterocycles. The first kappa shape index (κ1) is 18.7. The van der Waals surface area contributed by atoms with Crippen molar-refractivity contribution in [2.45, 2.75) is 13.5 Å². The first-order valence-electron chi connectivity index (χ1n) is 9.77. The van der Waals surface area contributed by atoms with Crippen LogP contribution in [0.15, 0.2) is 42.2 Å². The summed E-state index contributed by atoms with van der Waals surface area (Å²) in [5.74, 6) is 0.132. The first-order valence-corrected chi connectivity index (χ1v) is 9.77. The highest BCUT2D eigenvalue weighted by molar-refractivity contribution is 6.14. The number of ketones is 1. The number of halogens is 1. The number of phenols is 1. The maximum atomic E-state index is 13.4. The molecule has 0 bridgehead atoms. The van der Waals surface area contributed by atoms with Crippen LogP contribution in [0.3, 0.4) is 0 Å². The molecule has 0 unspecified atom stereocenters. The number of Topliss-reactive ketones (excluding diaryl/α,β-unsaturated/α-hetero) is 1. The van der Waals surface area contributed by atoms with Gasteiger partial charge in [0.2, 0.25) is 5.78 Å².